The second-order valence-electron chi connectivity index (χ2n) is 3.74. The molecule has 1 aromatic heterocycles. The highest BCUT2D eigenvalue weighted by Crippen LogP contribution is 2.00. The molecule has 0 radical (unpaired) electrons. The highest BCUT2D eigenvalue weighted by Gasteiger charge is 2.18. The van der Waals surface area contributed by atoms with Crippen molar-refractivity contribution in [3.8, 4) is 0 Å². The monoisotopic (exact) mass is 287 g/mol. The third kappa shape index (κ3) is 6.09. The van der Waals surface area contributed by atoms with E-state index >= 15 is 0 Å². The standard InChI is InChI=1S/C10H17N5O3S/c1-19-7-2-8(9(16)17)13-10(18)11-3-5-15-6-4-12-14-15/h4,6,8H,2-3,5,7H2,1H3,(H,16,17)(H2,11,13,18)/t8-/m0/s1. The maximum Gasteiger partial charge on any atom is 0.326 e. The van der Waals surface area contributed by atoms with Gasteiger partial charge in [-0.25, -0.2) is 9.59 Å². The van der Waals surface area contributed by atoms with Crippen molar-refractivity contribution >= 4 is 23.8 Å². The summed E-state index contributed by atoms with van der Waals surface area (Å²) in [5, 5.41) is 21.3. The number of hydrogen-bond donors (Lipinski definition) is 3. The van der Waals surface area contributed by atoms with E-state index in [1.165, 1.54) is 11.8 Å². The first-order valence-corrected chi connectivity index (χ1v) is 7.13. The topological polar surface area (TPSA) is 109 Å². The second-order valence-corrected chi connectivity index (χ2v) is 4.72. The maximum absolute atomic E-state index is 11.5. The highest BCUT2D eigenvalue weighted by atomic mass is 32.2. The molecule has 1 rings (SSSR count). The SMILES string of the molecule is CSCC[C@H](NC(=O)NCCn1ccnn1)C(=O)O. The van der Waals surface area contributed by atoms with Crippen LogP contribution >= 0.6 is 11.8 Å². The van der Waals surface area contributed by atoms with E-state index in [9.17, 15) is 9.59 Å². The van der Waals surface area contributed by atoms with Gasteiger partial charge in [-0.3, -0.25) is 4.68 Å². The van der Waals surface area contributed by atoms with E-state index in [0.717, 1.165) is 0 Å². The number of carbonyl (C=O) groups excluding carboxylic acids is 1. The van der Waals surface area contributed by atoms with E-state index in [1.54, 1.807) is 17.1 Å². The molecule has 0 aliphatic carbocycles. The van der Waals surface area contributed by atoms with Crippen molar-refractivity contribution in [2.24, 2.45) is 0 Å². The largest absolute Gasteiger partial charge is 0.480 e. The van der Waals surface area contributed by atoms with E-state index in [0.29, 0.717) is 25.3 Å². The lowest BCUT2D eigenvalue weighted by molar-refractivity contribution is -0.139. The zero-order valence-corrected chi connectivity index (χ0v) is 11.4. The zero-order chi connectivity index (χ0) is 14.1. The summed E-state index contributed by atoms with van der Waals surface area (Å²) >= 11 is 1.54. The fourth-order valence-electron chi connectivity index (χ4n) is 1.34. The van der Waals surface area contributed by atoms with Crippen molar-refractivity contribution in [1.82, 2.24) is 25.6 Å². The molecule has 3 N–H and O–H groups in total. The van der Waals surface area contributed by atoms with E-state index in [4.69, 9.17) is 5.11 Å². The predicted octanol–water partition coefficient (Wildman–Crippen LogP) is -0.216. The van der Waals surface area contributed by atoms with Crippen LogP contribution in [0.15, 0.2) is 12.4 Å². The van der Waals surface area contributed by atoms with Crippen LogP contribution in [0.2, 0.25) is 0 Å². The summed E-state index contributed by atoms with van der Waals surface area (Å²) in [6, 6.07) is -1.35. The van der Waals surface area contributed by atoms with Crippen LogP contribution in [-0.2, 0) is 11.3 Å². The van der Waals surface area contributed by atoms with E-state index < -0.39 is 18.0 Å². The summed E-state index contributed by atoms with van der Waals surface area (Å²) in [4.78, 5) is 22.4. The van der Waals surface area contributed by atoms with Crippen LogP contribution in [0.3, 0.4) is 0 Å². The molecule has 0 aliphatic rings. The molecule has 0 bridgehead atoms. The Morgan fingerprint density at radius 1 is 1.53 bits per heavy atom. The molecule has 9 heteroatoms. The molecular weight excluding hydrogens is 270 g/mol. The van der Waals surface area contributed by atoms with Crippen LogP contribution < -0.4 is 10.6 Å². The number of nitrogens with one attached hydrogen (secondary N) is 2. The molecule has 0 aliphatic heterocycles. The third-order valence-corrected chi connectivity index (χ3v) is 2.96. The minimum absolute atomic E-state index is 0.351. The van der Waals surface area contributed by atoms with E-state index in [-0.39, 0.29) is 0 Å². The molecule has 19 heavy (non-hydrogen) atoms. The minimum atomic E-state index is -1.03. The molecule has 0 aromatic carbocycles. The number of amides is 2. The van der Waals surface area contributed by atoms with Crippen molar-refractivity contribution in [2.75, 3.05) is 18.6 Å². The number of hydrogen-bond acceptors (Lipinski definition) is 5. The molecule has 0 spiro atoms. The van der Waals surface area contributed by atoms with Crippen molar-refractivity contribution in [3.05, 3.63) is 12.4 Å². The number of thioether (sulfide) groups is 1. The first-order valence-electron chi connectivity index (χ1n) is 5.73. The van der Waals surface area contributed by atoms with Crippen LogP contribution in [0.1, 0.15) is 6.42 Å². The highest BCUT2D eigenvalue weighted by molar-refractivity contribution is 7.98. The molecule has 8 nitrogen and oxygen atoms in total. The van der Waals surface area contributed by atoms with Gasteiger partial charge in [-0.2, -0.15) is 11.8 Å². The van der Waals surface area contributed by atoms with Crippen molar-refractivity contribution in [2.45, 2.75) is 19.0 Å². The molecule has 1 atom stereocenters. The summed E-state index contributed by atoms with van der Waals surface area (Å²) < 4.78 is 1.57. The van der Waals surface area contributed by atoms with Gasteiger partial charge in [0.1, 0.15) is 6.04 Å². The molecule has 1 heterocycles. The molecule has 2 amide bonds. The van der Waals surface area contributed by atoms with Crippen molar-refractivity contribution in [3.63, 3.8) is 0 Å². The summed E-state index contributed by atoms with van der Waals surface area (Å²) in [6.45, 7) is 0.833. The molecule has 0 saturated heterocycles. The lowest BCUT2D eigenvalue weighted by atomic mass is 10.2. The van der Waals surface area contributed by atoms with Crippen LogP contribution in [0.4, 0.5) is 4.79 Å². The average Bonchev–Trinajstić information content (AvgIpc) is 2.87. The zero-order valence-electron chi connectivity index (χ0n) is 10.6. The fourth-order valence-corrected chi connectivity index (χ4v) is 1.81. The van der Waals surface area contributed by atoms with Crippen molar-refractivity contribution in [1.29, 1.82) is 0 Å². The van der Waals surface area contributed by atoms with Gasteiger partial charge >= 0.3 is 12.0 Å². The molecule has 0 saturated carbocycles. The number of carbonyl (C=O) groups is 2. The Bertz CT molecular complexity index is 398. The predicted molar refractivity (Wildman–Crippen MR) is 71.0 cm³/mol. The van der Waals surface area contributed by atoms with Gasteiger partial charge in [0.15, 0.2) is 0 Å². The first-order chi connectivity index (χ1) is 9.13. The Morgan fingerprint density at radius 3 is 2.89 bits per heavy atom. The van der Waals surface area contributed by atoms with Gasteiger partial charge in [-0.1, -0.05) is 5.21 Å². The Morgan fingerprint density at radius 2 is 2.32 bits per heavy atom. The lowest BCUT2D eigenvalue weighted by Crippen LogP contribution is -2.46. The number of carboxylic acids is 1. The Kier molecular flexibility index (Phi) is 6.72. The van der Waals surface area contributed by atoms with Crippen LogP contribution in [0, 0.1) is 0 Å². The number of rotatable bonds is 8. The van der Waals surface area contributed by atoms with Crippen LogP contribution in [-0.4, -0.2) is 56.7 Å². The minimum Gasteiger partial charge on any atom is -0.480 e. The summed E-state index contributed by atoms with van der Waals surface area (Å²) in [6.07, 6.45) is 5.51. The maximum atomic E-state index is 11.5. The summed E-state index contributed by atoms with van der Waals surface area (Å²) in [7, 11) is 0. The number of nitrogens with zero attached hydrogens (tertiary/aromatic N) is 3. The number of aliphatic carboxylic acids is 1. The Balaban J connectivity index is 2.25. The number of aromatic nitrogens is 3. The number of urea groups is 1. The first kappa shape index (κ1) is 15.3. The molecule has 1 aromatic rings. The van der Waals surface area contributed by atoms with Gasteiger partial charge in [0.25, 0.3) is 0 Å². The Hall–Kier alpha value is -1.77. The average molecular weight is 287 g/mol. The molecule has 106 valence electrons. The summed E-state index contributed by atoms with van der Waals surface area (Å²) in [5.41, 5.74) is 0. The van der Waals surface area contributed by atoms with E-state index in [1.807, 2.05) is 6.26 Å². The van der Waals surface area contributed by atoms with Gasteiger partial charge in [-0.15, -0.1) is 5.10 Å². The summed E-state index contributed by atoms with van der Waals surface area (Å²) in [5.74, 6) is -0.351. The fraction of sp³-hybridized carbons (Fsp3) is 0.600. The van der Waals surface area contributed by atoms with E-state index in [2.05, 4.69) is 20.9 Å². The lowest BCUT2D eigenvalue weighted by Gasteiger charge is -2.14. The van der Waals surface area contributed by atoms with Crippen LogP contribution in [0.5, 0.6) is 0 Å². The van der Waals surface area contributed by atoms with Crippen LogP contribution in [0.25, 0.3) is 0 Å². The van der Waals surface area contributed by atoms with Gasteiger partial charge in [0, 0.05) is 12.7 Å². The van der Waals surface area contributed by atoms with Gasteiger partial charge in [0.05, 0.1) is 12.7 Å². The van der Waals surface area contributed by atoms with Crippen molar-refractivity contribution < 1.29 is 14.7 Å². The van der Waals surface area contributed by atoms with Gasteiger partial charge in [0.2, 0.25) is 0 Å². The quantitative estimate of drug-likeness (QED) is 0.610. The van der Waals surface area contributed by atoms with Gasteiger partial charge < -0.3 is 15.7 Å². The Labute approximate surface area is 114 Å². The molecule has 0 unspecified atom stereocenters. The number of carboxylic acid groups (broad SMARTS) is 1. The second kappa shape index (κ2) is 8.35. The van der Waals surface area contributed by atoms with Gasteiger partial charge in [-0.05, 0) is 18.4 Å². The molecular formula is C10H17N5O3S. The smallest absolute Gasteiger partial charge is 0.326 e. The normalized spacial score (nSPS) is 11.8. The molecule has 0 fully saturated rings. The third-order valence-electron chi connectivity index (χ3n) is 2.31.